The van der Waals surface area contributed by atoms with Gasteiger partial charge in [0.25, 0.3) is 0 Å². The summed E-state index contributed by atoms with van der Waals surface area (Å²) in [6.07, 6.45) is 5.21. The number of anilines is 2. The first-order valence-corrected chi connectivity index (χ1v) is 9.50. The van der Waals surface area contributed by atoms with E-state index in [1.54, 1.807) is 18.5 Å². The maximum absolute atomic E-state index is 13.9. The normalized spacial score (nSPS) is 16.9. The van der Waals surface area contributed by atoms with E-state index in [1.165, 1.54) is 6.07 Å². The van der Waals surface area contributed by atoms with Crippen molar-refractivity contribution in [3.63, 3.8) is 0 Å². The van der Waals surface area contributed by atoms with Crippen LogP contribution in [0.15, 0.2) is 36.8 Å². The van der Waals surface area contributed by atoms with Crippen molar-refractivity contribution in [1.29, 1.82) is 0 Å². The minimum Gasteiger partial charge on any atom is -0.374 e. The smallest absolute Gasteiger partial charge is 0.239 e. The summed E-state index contributed by atoms with van der Waals surface area (Å²) in [4.78, 5) is 26.2. The zero-order valence-electron chi connectivity index (χ0n) is 15.1. The molecule has 1 amide bonds. The third kappa shape index (κ3) is 3.87. The van der Waals surface area contributed by atoms with Gasteiger partial charge in [-0.15, -0.1) is 0 Å². The second-order valence-electron chi connectivity index (χ2n) is 6.74. The zero-order chi connectivity index (χ0) is 19.5. The first kappa shape index (κ1) is 18.5. The average molecular weight is 403 g/mol. The highest BCUT2D eigenvalue weighted by Crippen LogP contribution is 2.25. The zero-order valence-corrected chi connectivity index (χ0v) is 15.8. The van der Waals surface area contributed by atoms with E-state index in [-0.39, 0.29) is 29.2 Å². The topological polar surface area (TPSA) is 85.9 Å². The predicted octanol–water partition coefficient (Wildman–Crippen LogP) is 2.95. The summed E-state index contributed by atoms with van der Waals surface area (Å²) in [5, 5.41) is 6.80. The van der Waals surface area contributed by atoms with Gasteiger partial charge in [-0.25, -0.2) is 14.4 Å². The molecule has 1 fully saturated rings. The SMILES string of the molecule is O=C(CNc1cccc(Cl)c1F)N[C@H]1CCCN(c2ncnc3[nH]ccc23)C1. The summed E-state index contributed by atoms with van der Waals surface area (Å²) in [7, 11) is 0. The van der Waals surface area contributed by atoms with Crippen molar-refractivity contribution < 1.29 is 9.18 Å². The number of amides is 1. The number of carbonyl (C=O) groups excluding carboxylic acids is 1. The lowest BCUT2D eigenvalue weighted by molar-refractivity contribution is -0.120. The molecule has 0 saturated carbocycles. The molecule has 146 valence electrons. The minimum atomic E-state index is -0.555. The lowest BCUT2D eigenvalue weighted by Gasteiger charge is -2.34. The quantitative estimate of drug-likeness (QED) is 0.611. The molecule has 0 bridgehead atoms. The van der Waals surface area contributed by atoms with Crippen LogP contribution in [-0.4, -0.2) is 46.5 Å². The minimum absolute atomic E-state index is 0.00350. The van der Waals surface area contributed by atoms with Crippen LogP contribution >= 0.6 is 11.6 Å². The van der Waals surface area contributed by atoms with E-state index in [4.69, 9.17) is 11.6 Å². The first-order chi connectivity index (χ1) is 13.6. The van der Waals surface area contributed by atoms with E-state index in [1.807, 2.05) is 12.3 Å². The largest absolute Gasteiger partial charge is 0.374 e. The maximum atomic E-state index is 13.9. The Morgan fingerprint density at radius 1 is 1.36 bits per heavy atom. The van der Waals surface area contributed by atoms with Gasteiger partial charge in [-0.1, -0.05) is 17.7 Å². The second kappa shape index (κ2) is 8.02. The molecule has 4 rings (SSSR count). The molecule has 1 aromatic carbocycles. The Morgan fingerprint density at radius 2 is 2.25 bits per heavy atom. The Kier molecular flexibility index (Phi) is 5.29. The lowest BCUT2D eigenvalue weighted by atomic mass is 10.1. The van der Waals surface area contributed by atoms with Gasteiger partial charge in [-0.05, 0) is 31.0 Å². The molecule has 2 aromatic heterocycles. The Hall–Kier alpha value is -2.87. The van der Waals surface area contributed by atoms with E-state index >= 15 is 0 Å². The second-order valence-corrected chi connectivity index (χ2v) is 7.15. The van der Waals surface area contributed by atoms with Crippen LogP contribution in [0.2, 0.25) is 5.02 Å². The number of nitrogens with zero attached hydrogens (tertiary/aromatic N) is 3. The van der Waals surface area contributed by atoms with Crippen LogP contribution in [0.5, 0.6) is 0 Å². The fourth-order valence-electron chi connectivity index (χ4n) is 3.49. The summed E-state index contributed by atoms with van der Waals surface area (Å²) < 4.78 is 13.9. The van der Waals surface area contributed by atoms with Crippen molar-refractivity contribution in [2.24, 2.45) is 0 Å². The van der Waals surface area contributed by atoms with E-state index in [9.17, 15) is 9.18 Å². The number of aromatic amines is 1. The number of carbonyl (C=O) groups is 1. The van der Waals surface area contributed by atoms with Crippen LogP contribution in [-0.2, 0) is 4.79 Å². The van der Waals surface area contributed by atoms with Gasteiger partial charge in [0.15, 0.2) is 5.82 Å². The Labute approximate surface area is 166 Å². The van der Waals surface area contributed by atoms with Crippen molar-refractivity contribution in [2.75, 3.05) is 29.9 Å². The third-order valence-electron chi connectivity index (χ3n) is 4.81. The average Bonchev–Trinajstić information content (AvgIpc) is 3.18. The van der Waals surface area contributed by atoms with Gasteiger partial charge >= 0.3 is 0 Å². The molecule has 3 N–H and O–H groups in total. The summed E-state index contributed by atoms with van der Waals surface area (Å²) >= 11 is 5.76. The number of hydrogen-bond acceptors (Lipinski definition) is 5. The standard InChI is InChI=1S/C19H20ClFN6O/c20-14-4-1-5-15(17(14)21)23-9-16(28)26-12-3-2-8-27(10-12)19-13-6-7-22-18(13)24-11-25-19/h1,4-7,11-12,23H,2-3,8-10H2,(H,26,28)(H,22,24,25)/t12-/m0/s1. The number of fused-ring (bicyclic) bond motifs is 1. The fraction of sp³-hybridized carbons (Fsp3) is 0.316. The molecule has 1 saturated heterocycles. The van der Waals surface area contributed by atoms with Gasteiger partial charge in [0.2, 0.25) is 5.91 Å². The predicted molar refractivity (Wildman–Crippen MR) is 107 cm³/mol. The summed E-state index contributed by atoms with van der Waals surface area (Å²) in [6, 6.07) is 6.60. The number of rotatable bonds is 5. The number of piperidine rings is 1. The molecule has 0 spiro atoms. The molecule has 3 heterocycles. The van der Waals surface area contributed by atoms with Crippen molar-refractivity contribution in [3.8, 4) is 0 Å². The van der Waals surface area contributed by atoms with Crippen molar-refractivity contribution >= 4 is 40.0 Å². The monoisotopic (exact) mass is 402 g/mol. The number of H-pyrrole nitrogens is 1. The van der Waals surface area contributed by atoms with Gasteiger partial charge in [0.1, 0.15) is 17.8 Å². The molecule has 1 atom stereocenters. The first-order valence-electron chi connectivity index (χ1n) is 9.12. The molecular formula is C19H20ClFN6O. The molecule has 9 heteroatoms. The van der Waals surface area contributed by atoms with Gasteiger partial charge in [-0.2, -0.15) is 0 Å². The van der Waals surface area contributed by atoms with Crippen LogP contribution in [0.1, 0.15) is 12.8 Å². The number of benzene rings is 1. The van der Waals surface area contributed by atoms with E-state index < -0.39 is 5.82 Å². The number of halogens is 2. The highest BCUT2D eigenvalue weighted by atomic mass is 35.5. The molecule has 7 nitrogen and oxygen atoms in total. The molecule has 0 radical (unpaired) electrons. The van der Waals surface area contributed by atoms with E-state index in [0.29, 0.717) is 6.54 Å². The van der Waals surface area contributed by atoms with Crippen molar-refractivity contribution in [3.05, 3.63) is 47.6 Å². The summed E-state index contributed by atoms with van der Waals surface area (Å²) in [6.45, 7) is 1.51. The van der Waals surface area contributed by atoms with E-state index in [2.05, 4.69) is 30.5 Å². The summed E-state index contributed by atoms with van der Waals surface area (Å²) in [5.41, 5.74) is 1.01. The Morgan fingerprint density at radius 3 is 3.14 bits per heavy atom. The molecule has 1 aliphatic heterocycles. The molecule has 0 unspecified atom stereocenters. The number of nitrogens with one attached hydrogen (secondary N) is 3. The number of hydrogen-bond donors (Lipinski definition) is 3. The molecule has 28 heavy (non-hydrogen) atoms. The fourth-order valence-corrected chi connectivity index (χ4v) is 3.67. The van der Waals surface area contributed by atoms with Crippen LogP contribution < -0.4 is 15.5 Å². The van der Waals surface area contributed by atoms with Crippen molar-refractivity contribution in [1.82, 2.24) is 20.3 Å². The number of aromatic nitrogens is 3. The van der Waals surface area contributed by atoms with E-state index in [0.717, 1.165) is 36.2 Å². The molecule has 3 aromatic rings. The molecule has 0 aliphatic carbocycles. The molecule has 1 aliphatic rings. The maximum Gasteiger partial charge on any atom is 0.239 e. The van der Waals surface area contributed by atoms with Gasteiger partial charge in [0, 0.05) is 25.3 Å². The van der Waals surface area contributed by atoms with Crippen LogP contribution in [0.3, 0.4) is 0 Å². The lowest BCUT2D eigenvalue weighted by Crippen LogP contribution is -2.49. The highest BCUT2D eigenvalue weighted by molar-refractivity contribution is 6.31. The highest BCUT2D eigenvalue weighted by Gasteiger charge is 2.24. The van der Waals surface area contributed by atoms with Crippen molar-refractivity contribution in [2.45, 2.75) is 18.9 Å². The third-order valence-corrected chi connectivity index (χ3v) is 5.10. The van der Waals surface area contributed by atoms with Gasteiger partial charge in [-0.3, -0.25) is 4.79 Å². The van der Waals surface area contributed by atoms with Crippen LogP contribution in [0.25, 0.3) is 11.0 Å². The van der Waals surface area contributed by atoms with Gasteiger partial charge < -0.3 is 20.5 Å². The Bertz CT molecular complexity index is 993. The Balaban J connectivity index is 1.36. The van der Waals surface area contributed by atoms with Crippen LogP contribution in [0.4, 0.5) is 15.9 Å². The van der Waals surface area contributed by atoms with Gasteiger partial charge in [0.05, 0.1) is 22.6 Å². The van der Waals surface area contributed by atoms with Crippen LogP contribution in [0, 0.1) is 5.82 Å². The molecular weight excluding hydrogens is 383 g/mol. The summed E-state index contributed by atoms with van der Waals surface area (Å²) in [5.74, 6) is 0.116.